The van der Waals surface area contributed by atoms with Gasteiger partial charge in [-0.05, 0) is 26.0 Å². The highest BCUT2D eigenvalue weighted by molar-refractivity contribution is 7.98. The summed E-state index contributed by atoms with van der Waals surface area (Å²) in [5.74, 6) is 0.810. The molecule has 1 N–H and O–H groups in total. The summed E-state index contributed by atoms with van der Waals surface area (Å²) in [4.78, 5) is 11.5. The molecule has 0 heterocycles. The van der Waals surface area contributed by atoms with E-state index in [0.29, 0.717) is 0 Å². The van der Waals surface area contributed by atoms with Gasteiger partial charge < -0.3 is 5.32 Å². The van der Waals surface area contributed by atoms with Crippen LogP contribution < -0.4 is 5.32 Å². The molecule has 1 rings (SSSR count). The second kappa shape index (κ2) is 4.01. The van der Waals surface area contributed by atoms with Crippen molar-refractivity contribution in [1.82, 2.24) is 5.32 Å². The molecule has 13 heavy (non-hydrogen) atoms. The Kier molecular flexibility index (Phi) is 3.21. The number of nitrogens with zero attached hydrogens (tertiary/aromatic N) is 1. The monoisotopic (exact) mass is 198 g/mol. The molecule has 1 aliphatic carbocycles. The minimum absolute atomic E-state index is 0.0865. The third kappa shape index (κ3) is 2.38. The molecular formula is C9H14N2OS. The minimum Gasteiger partial charge on any atom is -0.351 e. The van der Waals surface area contributed by atoms with E-state index in [-0.39, 0.29) is 11.9 Å². The lowest BCUT2D eigenvalue weighted by Crippen LogP contribution is -2.39. The van der Waals surface area contributed by atoms with E-state index in [2.05, 4.69) is 11.4 Å². The van der Waals surface area contributed by atoms with Crippen molar-refractivity contribution in [2.24, 2.45) is 5.41 Å². The molecule has 1 aliphatic rings. The summed E-state index contributed by atoms with van der Waals surface area (Å²) in [6.45, 7) is 1.96. The molecule has 3 nitrogen and oxygen atoms in total. The summed E-state index contributed by atoms with van der Waals surface area (Å²) in [6.07, 6.45) is 3.45. The van der Waals surface area contributed by atoms with Gasteiger partial charge in [0.15, 0.2) is 0 Å². The Morgan fingerprint density at radius 3 is 2.77 bits per heavy atom. The fourth-order valence-electron chi connectivity index (χ4n) is 1.17. The van der Waals surface area contributed by atoms with Crippen LogP contribution in [0, 0.1) is 16.7 Å². The third-order valence-electron chi connectivity index (χ3n) is 2.19. The number of nitriles is 1. The van der Waals surface area contributed by atoms with Gasteiger partial charge in [0.1, 0.15) is 5.41 Å². The maximum absolute atomic E-state index is 11.5. The molecule has 1 atom stereocenters. The Bertz CT molecular complexity index is 242. The van der Waals surface area contributed by atoms with Gasteiger partial charge in [-0.25, -0.2) is 0 Å². The predicted molar refractivity (Wildman–Crippen MR) is 53.3 cm³/mol. The zero-order valence-corrected chi connectivity index (χ0v) is 8.78. The van der Waals surface area contributed by atoms with E-state index in [0.717, 1.165) is 18.6 Å². The number of amides is 1. The smallest absolute Gasteiger partial charge is 0.240 e. The van der Waals surface area contributed by atoms with E-state index in [1.54, 1.807) is 11.8 Å². The number of thioether (sulfide) groups is 1. The highest BCUT2D eigenvalue weighted by atomic mass is 32.2. The van der Waals surface area contributed by atoms with Crippen LogP contribution in [0.2, 0.25) is 0 Å². The highest BCUT2D eigenvalue weighted by Crippen LogP contribution is 2.45. The Morgan fingerprint density at radius 1 is 1.77 bits per heavy atom. The topological polar surface area (TPSA) is 52.9 Å². The Hall–Kier alpha value is -0.690. The molecule has 1 amide bonds. The van der Waals surface area contributed by atoms with Gasteiger partial charge >= 0.3 is 0 Å². The first-order chi connectivity index (χ1) is 6.14. The number of nitrogens with one attached hydrogen (secondary N) is 1. The standard InChI is InChI=1S/C9H14N2OS/c1-7(5-13-2)11-8(12)9(6-10)3-4-9/h7H,3-5H2,1-2H3,(H,11,12). The van der Waals surface area contributed by atoms with Crippen LogP contribution in [0.3, 0.4) is 0 Å². The van der Waals surface area contributed by atoms with Gasteiger partial charge in [-0.3, -0.25) is 4.79 Å². The molecule has 0 aliphatic heterocycles. The molecule has 0 aromatic rings. The van der Waals surface area contributed by atoms with Crippen LogP contribution >= 0.6 is 11.8 Å². The molecule has 0 aromatic carbocycles. The van der Waals surface area contributed by atoms with E-state index in [1.807, 2.05) is 13.2 Å². The number of hydrogen-bond acceptors (Lipinski definition) is 3. The van der Waals surface area contributed by atoms with Crippen LogP contribution in [0.15, 0.2) is 0 Å². The van der Waals surface area contributed by atoms with Crippen molar-refractivity contribution in [1.29, 1.82) is 5.26 Å². The van der Waals surface area contributed by atoms with Crippen molar-refractivity contribution in [3.05, 3.63) is 0 Å². The van der Waals surface area contributed by atoms with Gasteiger partial charge in [0.2, 0.25) is 5.91 Å². The second-order valence-electron chi connectivity index (χ2n) is 3.52. The summed E-state index contributed by atoms with van der Waals surface area (Å²) in [5.41, 5.74) is -0.674. The number of hydrogen-bond donors (Lipinski definition) is 1. The van der Waals surface area contributed by atoms with Gasteiger partial charge in [0.05, 0.1) is 6.07 Å². The Balaban J connectivity index is 2.38. The van der Waals surface area contributed by atoms with Crippen LogP contribution in [-0.2, 0) is 4.79 Å². The first-order valence-corrected chi connectivity index (χ1v) is 5.75. The zero-order chi connectivity index (χ0) is 9.90. The summed E-state index contributed by atoms with van der Waals surface area (Å²) in [7, 11) is 0. The number of carbonyl (C=O) groups excluding carboxylic acids is 1. The fourth-order valence-corrected chi connectivity index (χ4v) is 1.75. The summed E-state index contributed by atoms with van der Waals surface area (Å²) in [5, 5.41) is 11.6. The van der Waals surface area contributed by atoms with Crippen molar-refractivity contribution in [3.63, 3.8) is 0 Å². The average Bonchev–Trinajstić information content (AvgIpc) is 2.84. The van der Waals surface area contributed by atoms with Crippen LogP contribution in [0.4, 0.5) is 0 Å². The second-order valence-corrected chi connectivity index (χ2v) is 4.43. The molecule has 0 aromatic heterocycles. The van der Waals surface area contributed by atoms with Crippen LogP contribution in [0.1, 0.15) is 19.8 Å². The lowest BCUT2D eigenvalue weighted by Gasteiger charge is -2.14. The van der Waals surface area contributed by atoms with Crippen LogP contribution in [-0.4, -0.2) is 24.0 Å². The quantitative estimate of drug-likeness (QED) is 0.737. The maximum Gasteiger partial charge on any atom is 0.240 e. The summed E-state index contributed by atoms with van der Waals surface area (Å²) < 4.78 is 0. The normalized spacial score (nSPS) is 20.1. The summed E-state index contributed by atoms with van der Waals surface area (Å²) >= 11 is 1.69. The van der Waals surface area contributed by atoms with Gasteiger partial charge in [-0.1, -0.05) is 0 Å². The number of rotatable bonds is 4. The zero-order valence-electron chi connectivity index (χ0n) is 7.96. The van der Waals surface area contributed by atoms with Gasteiger partial charge in [0, 0.05) is 11.8 Å². The lowest BCUT2D eigenvalue weighted by atomic mass is 10.1. The van der Waals surface area contributed by atoms with E-state index in [9.17, 15) is 4.79 Å². The van der Waals surface area contributed by atoms with Crippen molar-refractivity contribution >= 4 is 17.7 Å². The van der Waals surface area contributed by atoms with Gasteiger partial charge in [0.25, 0.3) is 0 Å². The predicted octanol–water partition coefficient (Wildman–Crippen LogP) is 1.16. The summed E-state index contributed by atoms with van der Waals surface area (Å²) in [6, 6.07) is 2.24. The first-order valence-electron chi connectivity index (χ1n) is 4.36. The van der Waals surface area contributed by atoms with Crippen molar-refractivity contribution in [2.75, 3.05) is 12.0 Å². The van der Waals surface area contributed by atoms with Crippen molar-refractivity contribution < 1.29 is 4.79 Å². The maximum atomic E-state index is 11.5. The molecule has 4 heteroatoms. The molecule has 0 bridgehead atoms. The molecule has 1 unspecified atom stereocenters. The van der Waals surface area contributed by atoms with Crippen molar-refractivity contribution in [2.45, 2.75) is 25.8 Å². The van der Waals surface area contributed by atoms with Crippen LogP contribution in [0.25, 0.3) is 0 Å². The lowest BCUT2D eigenvalue weighted by molar-refractivity contribution is -0.124. The van der Waals surface area contributed by atoms with E-state index < -0.39 is 5.41 Å². The van der Waals surface area contributed by atoms with Gasteiger partial charge in [-0.2, -0.15) is 17.0 Å². The molecule has 0 saturated heterocycles. The molecule has 1 saturated carbocycles. The van der Waals surface area contributed by atoms with E-state index in [4.69, 9.17) is 5.26 Å². The SMILES string of the molecule is CSCC(C)NC(=O)C1(C#N)CC1. The third-order valence-corrected chi connectivity index (χ3v) is 3.03. The molecular weight excluding hydrogens is 184 g/mol. The Morgan fingerprint density at radius 2 is 2.38 bits per heavy atom. The van der Waals surface area contributed by atoms with Gasteiger partial charge in [-0.15, -0.1) is 0 Å². The molecule has 0 spiro atoms. The minimum atomic E-state index is -0.674. The molecule has 72 valence electrons. The first kappa shape index (κ1) is 10.4. The van der Waals surface area contributed by atoms with E-state index >= 15 is 0 Å². The van der Waals surface area contributed by atoms with E-state index in [1.165, 1.54) is 0 Å². The fraction of sp³-hybridized carbons (Fsp3) is 0.778. The largest absolute Gasteiger partial charge is 0.351 e. The van der Waals surface area contributed by atoms with Crippen molar-refractivity contribution in [3.8, 4) is 6.07 Å². The molecule has 1 fully saturated rings. The average molecular weight is 198 g/mol. The van der Waals surface area contributed by atoms with Crippen LogP contribution in [0.5, 0.6) is 0 Å². The molecule has 0 radical (unpaired) electrons. The highest BCUT2D eigenvalue weighted by Gasteiger charge is 2.50. The Labute approximate surface area is 82.9 Å². The number of carbonyl (C=O) groups is 1.